The molecule has 14 heavy (non-hydrogen) atoms. The standard InChI is InChI=1S/C8H15Cl2NO3/c1-4(2)3-5(11)6(12)8(9,10)7(13)14/h4-6,12H,3,11H2,1-2H3,(H,13,14)/t5-,6+/m0/s1. The highest BCUT2D eigenvalue weighted by atomic mass is 35.5. The van der Waals surface area contributed by atoms with Crippen molar-refractivity contribution in [3.05, 3.63) is 0 Å². The Morgan fingerprint density at radius 1 is 1.50 bits per heavy atom. The van der Waals surface area contributed by atoms with Crippen LogP contribution in [0.1, 0.15) is 20.3 Å². The van der Waals surface area contributed by atoms with Crippen LogP contribution in [-0.4, -0.2) is 32.7 Å². The maximum Gasteiger partial charge on any atom is 0.343 e. The number of hydrogen-bond acceptors (Lipinski definition) is 3. The molecular formula is C8H15Cl2NO3. The smallest absolute Gasteiger partial charge is 0.343 e. The second-order valence-electron chi connectivity index (χ2n) is 3.67. The van der Waals surface area contributed by atoms with Crippen molar-refractivity contribution in [2.75, 3.05) is 0 Å². The molecule has 0 aromatic rings. The fourth-order valence-electron chi connectivity index (χ4n) is 1.07. The highest BCUT2D eigenvalue weighted by Gasteiger charge is 2.44. The summed E-state index contributed by atoms with van der Waals surface area (Å²) in [6, 6.07) is -0.749. The van der Waals surface area contributed by atoms with E-state index < -0.39 is 22.4 Å². The summed E-state index contributed by atoms with van der Waals surface area (Å²) in [7, 11) is 0. The molecule has 0 saturated carbocycles. The molecule has 0 saturated heterocycles. The van der Waals surface area contributed by atoms with E-state index in [9.17, 15) is 9.90 Å². The van der Waals surface area contributed by atoms with Crippen LogP contribution in [0.4, 0.5) is 0 Å². The number of halogens is 2. The van der Waals surface area contributed by atoms with Crippen LogP contribution >= 0.6 is 23.2 Å². The Morgan fingerprint density at radius 3 is 2.21 bits per heavy atom. The highest BCUT2D eigenvalue weighted by molar-refractivity contribution is 6.57. The summed E-state index contributed by atoms with van der Waals surface area (Å²) in [5.74, 6) is -1.26. The number of carboxylic acids is 1. The Balaban J connectivity index is 4.44. The first-order valence-corrected chi connectivity index (χ1v) is 5.00. The van der Waals surface area contributed by atoms with Crippen molar-refractivity contribution in [3.63, 3.8) is 0 Å². The van der Waals surface area contributed by atoms with Gasteiger partial charge < -0.3 is 15.9 Å². The molecule has 2 atom stereocenters. The molecule has 4 nitrogen and oxygen atoms in total. The Hall–Kier alpha value is -0.0300. The van der Waals surface area contributed by atoms with Crippen LogP contribution in [0.25, 0.3) is 0 Å². The molecule has 0 aromatic carbocycles. The molecule has 4 N–H and O–H groups in total. The average molecular weight is 244 g/mol. The molecule has 0 heterocycles. The van der Waals surface area contributed by atoms with E-state index in [-0.39, 0.29) is 5.92 Å². The van der Waals surface area contributed by atoms with Gasteiger partial charge in [-0.25, -0.2) is 4.79 Å². The minimum Gasteiger partial charge on any atom is -0.479 e. The number of aliphatic hydroxyl groups is 1. The third-order valence-corrected chi connectivity index (χ3v) is 2.58. The molecule has 0 bridgehead atoms. The van der Waals surface area contributed by atoms with Crippen LogP contribution < -0.4 is 5.73 Å². The molecule has 0 aliphatic carbocycles. The number of alkyl halides is 2. The minimum atomic E-state index is -2.24. The van der Waals surface area contributed by atoms with Gasteiger partial charge in [0.25, 0.3) is 0 Å². The van der Waals surface area contributed by atoms with E-state index >= 15 is 0 Å². The normalized spacial score (nSPS) is 16.8. The molecule has 0 radical (unpaired) electrons. The molecule has 0 amide bonds. The molecule has 0 rings (SSSR count). The Bertz CT molecular complexity index is 209. The molecule has 0 aromatic heterocycles. The second-order valence-corrected chi connectivity index (χ2v) is 5.05. The first-order valence-electron chi connectivity index (χ1n) is 4.24. The summed E-state index contributed by atoms with van der Waals surface area (Å²) in [6.07, 6.45) is -1.03. The molecule has 84 valence electrons. The van der Waals surface area contributed by atoms with Gasteiger partial charge in [-0.2, -0.15) is 0 Å². The Labute approximate surface area is 93.0 Å². The fourth-order valence-corrected chi connectivity index (χ4v) is 1.39. The van der Waals surface area contributed by atoms with E-state index in [0.717, 1.165) is 0 Å². The molecule has 0 aliphatic rings. The van der Waals surface area contributed by atoms with Gasteiger partial charge in [0.05, 0.1) is 0 Å². The van der Waals surface area contributed by atoms with Gasteiger partial charge in [0.15, 0.2) is 0 Å². The first kappa shape index (κ1) is 14.0. The van der Waals surface area contributed by atoms with Crippen molar-refractivity contribution < 1.29 is 15.0 Å². The number of hydrogen-bond donors (Lipinski definition) is 3. The number of carboxylic acid groups (broad SMARTS) is 1. The molecule has 6 heteroatoms. The topological polar surface area (TPSA) is 83.5 Å². The van der Waals surface area contributed by atoms with Gasteiger partial charge in [-0.1, -0.05) is 37.0 Å². The largest absolute Gasteiger partial charge is 0.479 e. The zero-order valence-corrected chi connectivity index (χ0v) is 9.59. The number of aliphatic hydroxyl groups excluding tert-OH is 1. The number of aliphatic carboxylic acids is 1. The Morgan fingerprint density at radius 2 is 1.93 bits per heavy atom. The average Bonchev–Trinajstić information content (AvgIpc) is 2.01. The summed E-state index contributed by atoms with van der Waals surface area (Å²) in [5.41, 5.74) is 5.56. The lowest BCUT2D eigenvalue weighted by molar-refractivity contribution is -0.140. The lowest BCUT2D eigenvalue weighted by Crippen LogP contribution is -2.50. The van der Waals surface area contributed by atoms with E-state index in [1.54, 1.807) is 0 Å². The molecule has 0 fully saturated rings. The third kappa shape index (κ3) is 3.61. The van der Waals surface area contributed by atoms with Crippen LogP contribution in [-0.2, 0) is 4.79 Å². The number of carbonyl (C=O) groups is 1. The quantitative estimate of drug-likeness (QED) is 0.629. The van der Waals surface area contributed by atoms with Crippen LogP contribution in [0, 0.1) is 5.92 Å². The van der Waals surface area contributed by atoms with Crippen LogP contribution in [0.2, 0.25) is 0 Å². The monoisotopic (exact) mass is 243 g/mol. The summed E-state index contributed by atoms with van der Waals surface area (Å²) >= 11 is 10.9. The van der Waals surface area contributed by atoms with Gasteiger partial charge >= 0.3 is 5.97 Å². The van der Waals surface area contributed by atoms with Gasteiger partial charge in [0.1, 0.15) is 6.10 Å². The lowest BCUT2D eigenvalue weighted by atomic mass is 9.98. The van der Waals surface area contributed by atoms with Crippen molar-refractivity contribution in [1.82, 2.24) is 0 Å². The maximum atomic E-state index is 10.6. The summed E-state index contributed by atoms with van der Waals surface area (Å²) in [4.78, 5) is 10.6. The zero-order valence-electron chi connectivity index (χ0n) is 8.08. The van der Waals surface area contributed by atoms with Crippen molar-refractivity contribution in [1.29, 1.82) is 0 Å². The summed E-state index contributed by atoms with van der Waals surface area (Å²) in [6.45, 7) is 3.80. The lowest BCUT2D eigenvalue weighted by Gasteiger charge is -2.27. The third-order valence-electron chi connectivity index (χ3n) is 1.81. The first-order chi connectivity index (χ1) is 6.19. The SMILES string of the molecule is CC(C)C[C@H](N)[C@@H](O)C(Cl)(Cl)C(=O)O. The number of rotatable bonds is 5. The predicted molar refractivity (Wildman–Crippen MR) is 55.5 cm³/mol. The fraction of sp³-hybridized carbons (Fsp3) is 0.875. The van der Waals surface area contributed by atoms with Gasteiger partial charge in [0, 0.05) is 6.04 Å². The molecule has 0 unspecified atom stereocenters. The predicted octanol–water partition coefficient (Wildman–Crippen LogP) is 0.979. The molecule has 0 aliphatic heterocycles. The van der Waals surface area contributed by atoms with Crippen molar-refractivity contribution in [3.8, 4) is 0 Å². The summed E-state index contributed by atoms with van der Waals surface area (Å²) in [5, 5.41) is 18.1. The van der Waals surface area contributed by atoms with E-state index in [2.05, 4.69) is 0 Å². The van der Waals surface area contributed by atoms with E-state index in [1.807, 2.05) is 13.8 Å². The molecule has 0 spiro atoms. The van der Waals surface area contributed by atoms with Crippen LogP contribution in [0.3, 0.4) is 0 Å². The molecular weight excluding hydrogens is 229 g/mol. The zero-order chi connectivity index (χ0) is 11.5. The highest BCUT2D eigenvalue weighted by Crippen LogP contribution is 2.28. The van der Waals surface area contributed by atoms with Crippen LogP contribution in [0.15, 0.2) is 0 Å². The van der Waals surface area contributed by atoms with Gasteiger partial charge in [-0.05, 0) is 12.3 Å². The Kier molecular flexibility index (Phi) is 5.15. The van der Waals surface area contributed by atoms with Crippen LogP contribution in [0.5, 0.6) is 0 Å². The van der Waals surface area contributed by atoms with E-state index in [1.165, 1.54) is 0 Å². The van der Waals surface area contributed by atoms with Gasteiger partial charge in [0.2, 0.25) is 4.33 Å². The number of nitrogens with two attached hydrogens (primary N) is 1. The van der Waals surface area contributed by atoms with E-state index in [4.69, 9.17) is 34.0 Å². The second kappa shape index (κ2) is 5.16. The minimum absolute atomic E-state index is 0.234. The van der Waals surface area contributed by atoms with Gasteiger partial charge in [-0.3, -0.25) is 0 Å². The summed E-state index contributed by atoms with van der Waals surface area (Å²) < 4.78 is -2.24. The van der Waals surface area contributed by atoms with Crippen molar-refractivity contribution >= 4 is 29.2 Å². The van der Waals surface area contributed by atoms with E-state index in [0.29, 0.717) is 6.42 Å². The van der Waals surface area contributed by atoms with Crippen molar-refractivity contribution in [2.45, 2.75) is 36.7 Å². The van der Waals surface area contributed by atoms with Crippen molar-refractivity contribution in [2.24, 2.45) is 11.7 Å². The maximum absolute atomic E-state index is 10.6. The van der Waals surface area contributed by atoms with Gasteiger partial charge in [-0.15, -0.1) is 0 Å².